The summed E-state index contributed by atoms with van der Waals surface area (Å²) < 4.78 is 2.16. The summed E-state index contributed by atoms with van der Waals surface area (Å²) in [6, 6.07) is 6.57. The first-order valence-electron chi connectivity index (χ1n) is 5.32. The highest BCUT2D eigenvalue weighted by Gasteiger charge is 2.16. The summed E-state index contributed by atoms with van der Waals surface area (Å²) >= 11 is 0. The van der Waals surface area contributed by atoms with Crippen LogP contribution in [0.25, 0.3) is 10.9 Å². The van der Waals surface area contributed by atoms with Gasteiger partial charge in [0.15, 0.2) is 0 Å². The molecule has 0 bridgehead atoms. The fourth-order valence-corrected chi connectivity index (χ4v) is 2.24. The van der Waals surface area contributed by atoms with Gasteiger partial charge < -0.3 is 9.88 Å². The van der Waals surface area contributed by atoms with Crippen molar-refractivity contribution < 1.29 is 0 Å². The smallest absolute Gasteiger partial charge is 0.0742 e. The van der Waals surface area contributed by atoms with Gasteiger partial charge in [0.25, 0.3) is 0 Å². The standard InChI is InChI=1S/C12H15N3/c1-8-13-7-9-3-4-11-10(12(9)14-8)5-6-15(11)2/h3-6,8,13-14H,7H2,1-2H3. The van der Waals surface area contributed by atoms with E-state index in [4.69, 9.17) is 0 Å². The lowest BCUT2D eigenvalue weighted by Crippen LogP contribution is -2.37. The van der Waals surface area contributed by atoms with Gasteiger partial charge >= 0.3 is 0 Å². The van der Waals surface area contributed by atoms with Crippen molar-refractivity contribution in [3.8, 4) is 0 Å². The van der Waals surface area contributed by atoms with Gasteiger partial charge in [-0.15, -0.1) is 0 Å². The van der Waals surface area contributed by atoms with Crippen LogP contribution in [0, 0.1) is 0 Å². The van der Waals surface area contributed by atoms with Gasteiger partial charge in [-0.05, 0) is 24.6 Å². The summed E-state index contributed by atoms with van der Waals surface area (Å²) in [5, 5.41) is 8.21. The molecule has 3 rings (SSSR count). The minimum atomic E-state index is 0.350. The SMILES string of the molecule is CC1NCc2ccc3c(ccn3C)c2N1. The molecule has 0 spiro atoms. The molecule has 0 saturated heterocycles. The van der Waals surface area contributed by atoms with Crippen molar-refractivity contribution >= 4 is 16.6 Å². The number of benzene rings is 1. The Hall–Kier alpha value is -1.48. The van der Waals surface area contributed by atoms with Gasteiger partial charge in [-0.1, -0.05) is 6.07 Å². The van der Waals surface area contributed by atoms with Gasteiger partial charge in [0.1, 0.15) is 0 Å². The van der Waals surface area contributed by atoms with Crippen molar-refractivity contribution in [1.29, 1.82) is 0 Å². The molecule has 2 aromatic rings. The molecular weight excluding hydrogens is 186 g/mol. The lowest BCUT2D eigenvalue weighted by atomic mass is 10.1. The quantitative estimate of drug-likeness (QED) is 0.683. The molecule has 1 aliphatic heterocycles. The highest BCUT2D eigenvalue weighted by molar-refractivity contribution is 5.94. The van der Waals surface area contributed by atoms with Crippen LogP contribution in [0.2, 0.25) is 0 Å². The average Bonchev–Trinajstić information content (AvgIpc) is 2.61. The molecule has 3 nitrogen and oxygen atoms in total. The molecule has 0 amide bonds. The summed E-state index contributed by atoms with van der Waals surface area (Å²) in [6.45, 7) is 3.10. The third kappa shape index (κ3) is 1.23. The Balaban J connectivity index is 2.28. The molecule has 1 aliphatic rings. The predicted octanol–water partition coefficient (Wildman–Crippen LogP) is 2.04. The maximum atomic E-state index is 3.49. The fourth-order valence-electron chi connectivity index (χ4n) is 2.24. The maximum Gasteiger partial charge on any atom is 0.0742 e. The molecule has 2 N–H and O–H groups in total. The molecule has 1 atom stereocenters. The Morgan fingerprint density at radius 3 is 3.07 bits per heavy atom. The Morgan fingerprint density at radius 1 is 1.33 bits per heavy atom. The van der Waals surface area contributed by atoms with Crippen molar-refractivity contribution in [2.45, 2.75) is 19.6 Å². The molecule has 78 valence electrons. The number of aromatic nitrogens is 1. The van der Waals surface area contributed by atoms with E-state index in [0.29, 0.717) is 6.17 Å². The van der Waals surface area contributed by atoms with Gasteiger partial charge in [0.2, 0.25) is 0 Å². The number of rotatable bonds is 0. The summed E-state index contributed by atoms with van der Waals surface area (Å²) in [4.78, 5) is 0. The fraction of sp³-hybridized carbons (Fsp3) is 0.333. The predicted molar refractivity (Wildman–Crippen MR) is 62.8 cm³/mol. The van der Waals surface area contributed by atoms with Crippen molar-refractivity contribution in [2.24, 2.45) is 7.05 Å². The molecule has 1 unspecified atom stereocenters. The minimum absolute atomic E-state index is 0.350. The maximum absolute atomic E-state index is 3.49. The summed E-state index contributed by atoms with van der Waals surface area (Å²) in [7, 11) is 2.08. The normalized spacial score (nSPS) is 20.0. The van der Waals surface area contributed by atoms with Crippen LogP contribution in [-0.2, 0) is 13.6 Å². The van der Waals surface area contributed by atoms with Gasteiger partial charge in [0.05, 0.1) is 6.17 Å². The number of hydrogen-bond acceptors (Lipinski definition) is 2. The number of nitrogens with zero attached hydrogens (tertiary/aromatic N) is 1. The van der Waals surface area contributed by atoms with Gasteiger partial charge in [-0.3, -0.25) is 5.32 Å². The average molecular weight is 201 g/mol. The number of aryl methyl sites for hydroxylation is 1. The van der Waals surface area contributed by atoms with E-state index < -0.39 is 0 Å². The monoisotopic (exact) mass is 201 g/mol. The van der Waals surface area contributed by atoms with Crippen LogP contribution in [0.4, 0.5) is 5.69 Å². The molecule has 1 aromatic carbocycles. The Bertz CT molecular complexity index is 513. The largest absolute Gasteiger partial charge is 0.369 e. The van der Waals surface area contributed by atoms with Crippen LogP contribution in [0.15, 0.2) is 24.4 Å². The van der Waals surface area contributed by atoms with Crippen molar-refractivity contribution in [3.05, 3.63) is 30.0 Å². The highest BCUT2D eigenvalue weighted by atomic mass is 15.1. The second-order valence-electron chi connectivity index (χ2n) is 4.21. The second kappa shape index (κ2) is 3.00. The Morgan fingerprint density at radius 2 is 2.20 bits per heavy atom. The molecule has 15 heavy (non-hydrogen) atoms. The summed E-state index contributed by atoms with van der Waals surface area (Å²) in [5.41, 5.74) is 3.93. The van der Waals surface area contributed by atoms with Crippen LogP contribution >= 0.6 is 0 Å². The number of hydrogen-bond donors (Lipinski definition) is 2. The summed E-state index contributed by atoms with van der Waals surface area (Å²) in [5.74, 6) is 0. The van der Waals surface area contributed by atoms with Gasteiger partial charge in [0, 0.05) is 36.4 Å². The second-order valence-corrected chi connectivity index (χ2v) is 4.21. The first kappa shape index (κ1) is 8.80. The van der Waals surface area contributed by atoms with Crippen LogP contribution in [0.3, 0.4) is 0 Å². The lowest BCUT2D eigenvalue weighted by Gasteiger charge is -2.26. The molecule has 0 fully saturated rings. The Kier molecular flexibility index (Phi) is 1.76. The number of fused-ring (bicyclic) bond motifs is 3. The zero-order valence-electron chi connectivity index (χ0n) is 9.04. The van der Waals surface area contributed by atoms with E-state index in [1.54, 1.807) is 0 Å². The first-order chi connectivity index (χ1) is 7.25. The first-order valence-corrected chi connectivity index (χ1v) is 5.32. The third-order valence-electron chi connectivity index (χ3n) is 3.11. The molecule has 0 aliphatic carbocycles. The van der Waals surface area contributed by atoms with Crippen LogP contribution in [-0.4, -0.2) is 10.7 Å². The number of anilines is 1. The van der Waals surface area contributed by atoms with E-state index >= 15 is 0 Å². The zero-order chi connectivity index (χ0) is 10.4. The lowest BCUT2D eigenvalue weighted by molar-refractivity contribution is 0.580. The van der Waals surface area contributed by atoms with Crippen molar-refractivity contribution in [1.82, 2.24) is 9.88 Å². The van der Waals surface area contributed by atoms with Crippen LogP contribution < -0.4 is 10.6 Å². The van der Waals surface area contributed by atoms with Gasteiger partial charge in [-0.25, -0.2) is 0 Å². The molecule has 1 aromatic heterocycles. The van der Waals surface area contributed by atoms with E-state index in [1.807, 2.05) is 0 Å². The topological polar surface area (TPSA) is 29.0 Å². The van der Waals surface area contributed by atoms with E-state index in [-0.39, 0.29) is 0 Å². The summed E-state index contributed by atoms with van der Waals surface area (Å²) in [6.07, 6.45) is 2.46. The molecular formula is C12H15N3. The van der Waals surface area contributed by atoms with E-state index in [0.717, 1.165) is 6.54 Å². The molecule has 2 heterocycles. The van der Waals surface area contributed by atoms with E-state index in [2.05, 4.69) is 53.6 Å². The third-order valence-corrected chi connectivity index (χ3v) is 3.11. The molecule has 0 radical (unpaired) electrons. The van der Waals surface area contributed by atoms with Crippen molar-refractivity contribution in [2.75, 3.05) is 5.32 Å². The molecule has 3 heteroatoms. The Labute approximate surface area is 89.1 Å². The molecule has 0 saturated carbocycles. The van der Waals surface area contributed by atoms with E-state index in [9.17, 15) is 0 Å². The number of nitrogens with one attached hydrogen (secondary N) is 2. The zero-order valence-corrected chi connectivity index (χ0v) is 9.04. The van der Waals surface area contributed by atoms with Crippen LogP contribution in [0.1, 0.15) is 12.5 Å². The van der Waals surface area contributed by atoms with Gasteiger partial charge in [-0.2, -0.15) is 0 Å². The van der Waals surface area contributed by atoms with Crippen molar-refractivity contribution in [3.63, 3.8) is 0 Å². The minimum Gasteiger partial charge on any atom is -0.369 e. The van der Waals surface area contributed by atoms with E-state index in [1.165, 1.54) is 22.2 Å². The highest BCUT2D eigenvalue weighted by Crippen LogP contribution is 2.30. The van der Waals surface area contributed by atoms with Crippen LogP contribution in [0.5, 0.6) is 0 Å².